The highest BCUT2D eigenvalue weighted by molar-refractivity contribution is 7.25. The zero-order valence-corrected chi connectivity index (χ0v) is 33.7. The molecule has 0 aliphatic heterocycles. The van der Waals surface area contributed by atoms with E-state index in [2.05, 4.69) is 157 Å². The molecule has 0 nitrogen and oxygen atoms in total. The minimum atomic E-state index is 0.173. The van der Waals surface area contributed by atoms with E-state index in [0.717, 1.165) is 11.8 Å². The summed E-state index contributed by atoms with van der Waals surface area (Å²) in [7, 11) is 0. The maximum atomic E-state index is 2.53. The van der Waals surface area contributed by atoms with Crippen LogP contribution in [0.4, 0.5) is 0 Å². The zero-order valence-electron chi connectivity index (χ0n) is 32.9. The molecule has 4 aliphatic carbocycles. The van der Waals surface area contributed by atoms with Crippen molar-refractivity contribution in [1.82, 2.24) is 0 Å². The van der Waals surface area contributed by atoms with E-state index in [-0.39, 0.29) is 6.71 Å². The van der Waals surface area contributed by atoms with Crippen LogP contribution in [0.5, 0.6) is 0 Å². The van der Waals surface area contributed by atoms with Crippen molar-refractivity contribution in [2.75, 3.05) is 0 Å². The van der Waals surface area contributed by atoms with Gasteiger partial charge in [0.05, 0.1) is 0 Å². The van der Waals surface area contributed by atoms with Gasteiger partial charge in [0.25, 0.3) is 0 Å². The van der Waals surface area contributed by atoms with Crippen molar-refractivity contribution in [3.05, 3.63) is 160 Å². The van der Waals surface area contributed by atoms with Gasteiger partial charge in [-0.15, -0.1) is 11.3 Å². The average Bonchev–Trinajstić information content (AvgIpc) is 3.51. The fourth-order valence-electron chi connectivity index (χ4n) is 12.7. The topological polar surface area (TPSA) is 0 Å². The molecular formula is C52H51BS. The summed E-state index contributed by atoms with van der Waals surface area (Å²) in [5.41, 5.74) is 19.0. The number of hydrogen-bond acceptors (Lipinski definition) is 1. The molecule has 1 aromatic heterocycles. The van der Waals surface area contributed by atoms with Crippen molar-refractivity contribution in [2.45, 2.75) is 90.9 Å². The third-order valence-corrected chi connectivity index (χ3v) is 15.3. The molecule has 0 N–H and O–H groups in total. The standard InChI is InChI=1S/C52H51BS/c1-32-20-34(3)49(35(4)21-32)53(50-36(5)22-33(2)23-37(50)6)44-17-19-48-46(26-44)45-25-41(14-18-47(45)54-48)40-12-15-43(16-13-40)52-29-38-24-39(30-52)28-51(27-38,31-52)42-10-8-7-9-11-42/h7-23,25-26,38-39H,24,27-31H2,1-6H3. The number of rotatable bonds is 6. The van der Waals surface area contributed by atoms with Crippen LogP contribution in [-0.2, 0) is 10.8 Å². The Morgan fingerprint density at radius 1 is 0.500 bits per heavy atom. The number of benzene rings is 6. The monoisotopic (exact) mass is 718 g/mol. The second kappa shape index (κ2) is 12.6. The summed E-state index contributed by atoms with van der Waals surface area (Å²) in [6.07, 6.45) is 8.28. The highest BCUT2D eigenvalue weighted by Gasteiger charge is 2.58. The second-order valence-electron chi connectivity index (χ2n) is 18.1. The maximum absolute atomic E-state index is 2.53. The molecule has 0 amide bonds. The molecule has 54 heavy (non-hydrogen) atoms. The Kier molecular flexibility index (Phi) is 7.94. The summed E-state index contributed by atoms with van der Waals surface area (Å²) in [5, 5.41) is 2.75. The van der Waals surface area contributed by atoms with Gasteiger partial charge in [-0.1, -0.05) is 147 Å². The Bertz CT molecular complexity index is 2470. The third-order valence-electron chi connectivity index (χ3n) is 14.2. The molecule has 2 unspecified atom stereocenters. The molecule has 1 heterocycles. The number of aryl methyl sites for hydroxylation is 6. The first-order valence-electron chi connectivity index (χ1n) is 20.4. The predicted octanol–water partition coefficient (Wildman–Crippen LogP) is 11.9. The highest BCUT2D eigenvalue weighted by Crippen LogP contribution is 2.66. The van der Waals surface area contributed by atoms with Gasteiger partial charge >= 0.3 is 0 Å². The number of thiophene rings is 1. The SMILES string of the molecule is Cc1cc(C)c(B(c2ccc3sc4ccc(-c5ccc(C67CC8CC(CC(c9ccccc9)(C8)C6)C7)cc5)cc4c3c2)c2c(C)cc(C)cc2C)c(C)c1. The maximum Gasteiger partial charge on any atom is 0.242 e. The summed E-state index contributed by atoms with van der Waals surface area (Å²) in [6.45, 7) is 13.8. The Hall–Kier alpha value is -4.40. The molecule has 4 bridgehead atoms. The molecule has 4 saturated carbocycles. The Morgan fingerprint density at radius 3 is 1.54 bits per heavy atom. The summed E-state index contributed by atoms with van der Waals surface area (Å²) < 4.78 is 2.73. The fourth-order valence-corrected chi connectivity index (χ4v) is 13.7. The van der Waals surface area contributed by atoms with Crippen LogP contribution >= 0.6 is 11.3 Å². The van der Waals surface area contributed by atoms with Crippen LogP contribution < -0.4 is 16.4 Å². The minimum Gasteiger partial charge on any atom is -0.135 e. The van der Waals surface area contributed by atoms with Gasteiger partial charge in [-0.2, -0.15) is 0 Å². The van der Waals surface area contributed by atoms with Crippen LogP contribution in [0.1, 0.15) is 83.0 Å². The molecule has 268 valence electrons. The Morgan fingerprint density at radius 2 is 0.981 bits per heavy atom. The predicted molar refractivity (Wildman–Crippen MR) is 235 cm³/mol. The molecule has 2 atom stereocenters. The number of fused-ring (bicyclic) bond motifs is 3. The molecule has 11 rings (SSSR count). The van der Waals surface area contributed by atoms with Crippen LogP contribution in [-0.4, -0.2) is 6.71 Å². The van der Waals surface area contributed by atoms with Gasteiger partial charge in [0.2, 0.25) is 6.71 Å². The summed E-state index contributed by atoms with van der Waals surface area (Å²) in [5.74, 6) is 1.73. The molecule has 0 radical (unpaired) electrons. The molecule has 0 spiro atoms. The lowest BCUT2D eigenvalue weighted by Gasteiger charge is -2.62. The van der Waals surface area contributed by atoms with Gasteiger partial charge in [-0.3, -0.25) is 0 Å². The largest absolute Gasteiger partial charge is 0.242 e. The van der Waals surface area contributed by atoms with E-state index in [1.165, 1.54) is 120 Å². The molecule has 2 heteroatoms. The Labute approximate surface area is 326 Å². The van der Waals surface area contributed by atoms with Crippen molar-refractivity contribution in [1.29, 1.82) is 0 Å². The van der Waals surface area contributed by atoms with Crippen LogP contribution in [0.3, 0.4) is 0 Å². The van der Waals surface area contributed by atoms with E-state index in [1.807, 2.05) is 11.3 Å². The lowest BCUT2D eigenvalue weighted by Crippen LogP contribution is -2.55. The van der Waals surface area contributed by atoms with Crippen LogP contribution in [0.15, 0.2) is 115 Å². The van der Waals surface area contributed by atoms with E-state index in [0.29, 0.717) is 10.8 Å². The van der Waals surface area contributed by atoms with Crippen molar-refractivity contribution < 1.29 is 0 Å². The van der Waals surface area contributed by atoms with Crippen molar-refractivity contribution >= 4 is 54.6 Å². The van der Waals surface area contributed by atoms with Crippen molar-refractivity contribution in [3.8, 4) is 11.1 Å². The minimum absolute atomic E-state index is 0.173. The van der Waals surface area contributed by atoms with Gasteiger partial charge in [-0.05, 0) is 149 Å². The highest BCUT2D eigenvalue weighted by atomic mass is 32.1. The normalized spacial score (nSPS) is 23.1. The van der Waals surface area contributed by atoms with E-state index < -0.39 is 0 Å². The summed E-state index contributed by atoms with van der Waals surface area (Å²) in [6, 6.07) is 45.5. The molecule has 7 aromatic rings. The number of hydrogen-bond donors (Lipinski definition) is 0. The molecule has 0 saturated heterocycles. The van der Waals surface area contributed by atoms with Gasteiger partial charge in [0, 0.05) is 14.8 Å². The quantitative estimate of drug-likeness (QED) is 0.150. The average molecular weight is 719 g/mol. The molecule has 4 fully saturated rings. The second-order valence-corrected chi connectivity index (χ2v) is 19.2. The van der Waals surface area contributed by atoms with Crippen LogP contribution in [0.25, 0.3) is 31.3 Å². The van der Waals surface area contributed by atoms with Crippen molar-refractivity contribution in [2.24, 2.45) is 11.8 Å². The Balaban J connectivity index is 1.04. The van der Waals surface area contributed by atoms with E-state index in [1.54, 1.807) is 11.1 Å². The summed E-state index contributed by atoms with van der Waals surface area (Å²) >= 11 is 1.93. The lowest BCUT2D eigenvalue weighted by molar-refractivity contribution is -0.0281. The van der Waals surface area contributed by atoms with Gasteiger partial charge < -0.3 is 0 Å². The van der Waals surface area contributed by atoms with Crippen LogP contribution in [0, 0.1) is 53.4 Å². The van der Waals surface area contributed by atoms with E-state index >= 15 is 0 Å². The summed E-state index contributed by atoms with van der Waals surface area (Å²) in [4.78, 5) is 0. The van der Waals surface area contributed by atoms with E-state index in [4.69, 9.17) is 0 Å². The first-order valence-corrected chi connectivity index (χ1v) is 21.2. The van der Waals surface area contributed by atoms with Crippen molar-refractivity contribution in [3.63, 3.8) is 0 Å². The zero-order chi connectivity index (χ0) is 36.9. The fraction of sp³-hybridized carbons (Fsp3) is 0.308. The first kappa shape index (κ1) is 34.1. The third kappa shape index (κ3) is 5.46. The van der Waals surface area contributed by atoms with Gasteiger partial charge in [0.1, 0.15) is 0 Å². The lowest BCUT2D eigenvalue weighted by atomic mass is 9.34. The molecule has 4 aliphatic rings. The first-order chi connectivity index (χ1) is 26.1. The van der Waals surface area contributed by atoms with Gasteiger partial charge in [0.15, 0.2) is 0 Å². The smallest absolute Gasteiger partial charge is 0.135 e. The van der Waals surface area contributed by atoms with E-state index in [9.17, 15) is 0 Å². The molecule has 6 aromatic carbocycles. The van der Waals surface area contributed by atoms with Crippen LogP contribution in [0.2, 0.25) is 0 Å². The molecular weight excluding hydrogens is 667 g/mol. The van der Waals surface area contributed by atoms with Gasteiger partial charge in [-0.25, -0.2) is 0 Å².